The Balaban J connectivity index is 1.79. The van der Waals surface area contributed by atoms with Gasteiger partial charge in [0.2, 0.25) is 0 Å². The molecule has 1 aliphatic heterocycles. The number of nitrogens with zero attached hydrogens (tertiary/aromatic N) is 3. The van der Waals surface area contributed by atoms with Gasteiger partial charge in [-0.15, -0.1) is 10.2 Å². The lowest BCUT2D eigenvalue weighted by Crippen LogP contribution is -2.25. The SMILES string of the molecule is Cc1cc(N2CCC3(CCCC3)C2)nnc1Cl. The third-order valence-corrected chi connectivity index (χ3v) is 4.71. The van der Waals surface area contributed by atoms with Gasteiger partial charge in [0.15, 0.2) is 11.0 Å². The first-order chi connectivity index (χ1) is 8.19. The van der Waals surface area contributed by atoms with Crippen molar-refractivity contribution in [1.29, 1.82) is 0 Å². The van der Waals surface area contributed by atoms with Gasteiger partial charge in [0.25, 0.3) is 0 Å². The van der Waals surface area contributed by atoms with Crippen LogP contribution < -0.4 is 4.90 Å². The first-order valence-electron chi connectivity index (χ1n) is 6.43. The van der Waals surface area contributed by atoms with Crippen molar-refractivity contribution in [2.45, 2.75) is 39.0 Å². The first kappa shape index (κ1) is 11.3. The smallest absolute Gasteiger partial charge is 0.154 e. The average molecular weight is 252 g/mol. The standard InChI is InChI=1S/C13H18ClN3/c1-10-8-11(15-16-12(10)14)17-7-6-13(9-17)4-2-3-5-13/h8H,2-7,9H2,1H3. The summed E-state index contributed by atoms with van der Waals surface area (Å²) in [5.74, 6) is 0.996. The van der Waals surface area contributed by atoms with Crippen LogP contribution in [0.3, 0.4) is 0 Å². The number of aryl methyl sites for hydroxylation is 1. The molecule has 0 aromatic carbocycles. The minimum Gasteiger partial charge on any atom is -0.355 e. The third-order valence-electron chi connectivity index (χ3n) is 4.34. The normalized spacial score (nSPS) is 22.6. The van der Waals surface area contributed by atoms with Crippen molar-refractivity contribution in [3.8, 4) is 0 Å². The molecule has 1 aromatic heterocycles. The van der Waals surface area contributed by atoms with Crippen molar-refractivity contribution in [1.82, 2.24) is 10.2 Å². The minimum atomic E-state index is 0.517. The van der Waals surface area contributed by atoms with Crippen molar-refractivity contribution in [3.63, 3.8) is 0 Å². The molecule has 3 rings (SSSR count). The summed E-state index contributed by atoms with van der Waals surface area (Å²) in [6, 6.07) is 2.06. The van der Waals surface area contributed by atoms with E-state index >= 15 is 0 Å². The van der Waals surface area contributed by atoms with Crippen molar-refractivity contribution in [2.24, 2.45) is 5.41 Å². The highest BCUT2D eigenvalue weighted by Gasteiger charge is 2.40. The Morgan fingerprint density at radius 3 is 2.71 bits per heavy atom. The molecule has 1 aromatic rings. The Morgan fingerprint density at radius 2 is 2.00 bits per heavy atom. The fourth-order valence-electron chi connectivity index (χ4n) is 3.27. The van der Waals surface area contributed by atoms with Gasteiger partial charge in [-0.3, -0.25) is 0 Å². The van der Waals surface area contributed by atoms with Crippen molar-refractivity contribution < 1.29 is 0 Å². The summed E-state index contributed by atoms with van der Waals surface area (Å²) in [5, 5.41) is 8.75. The molecule has 1 aliphatic carbocycles. The molecule has 0 radical (unpaired) electrons. The Labute approximate surface area is 107 Å². The maximum Gasteiger partial charge on any atom is 0.154 e. The van der Waals surface area contributed by atoms with Crippen LogP contribution in [0, 0.1) is 12.3 Å². The summed E-state index contributed by atoms with van der Waals surface area (Å²) in [7, 11) is 0. The molecule has 0 atom stereocenters. The number of hydrogen-bond donors (Lipinski definition) is 0. The molecule has 4 heteroatoms. The van der Waals surface area contributed by atoms with E-state index in [1.54, 1.807) is 0 Å². The summed E-state index contributed by atoms with van der Waals surface area (Å²) in [5.41, 5.74) is 1.60. The van der Waals surface area contributed by atoms with Gasteiger partial charge in [-0.25, -0.2) is 0 Å². The van der Waals surface area contributed by atoms with Crippen LogP contribution in [0.1, 0.15) is 37.7 Å². The largest absolute Gasteiger partial charge is 0.355 e. The zero-order chi connectivity index (χ0) is 11.9. The maximum atomic E-state index is 5.92. The Kier molecular flexibility index (Phi) is 2.74. The molecule has 1 spiro atoms. The molecular formula is C13H18ClN3. The van der Waals surface area contributed by atoms with Crippen molar-refractivity contribution in [3.05, 3.63) is 16.8 Å². The summed E-state index contributed by atoms with van der Waals surface area (Å²) >= 11 is 5.92. The second kappa shape index (κ2) is 4.13. The predicted octanol–water partition coefficient (Wildman–Crippen LogP) is 3.21. The average Bonchev–Trinajstić information content (AvgIpc) is 2.94. The van der Waals surface area contributed by atoms with E-state index in [1.807, 2.05) is 6.92 Å². The quantitative estimate of drug-likeness (QED) is 0.768. The molecule has 0 unspecified atom stereocenters. The molecule has 0 amide bonds. The Hall–Kier alpha value is -0.830. The van der Waals surface area contributed by atoms with Crippen LogP contribution in [-0.4, -0.2) is 23.3 Å². The summed E-state index contributed by atoms with van der Waals surface area (Å²) < 4.78 is 0. The molecule has 0 N–H and O–H groups in total. The van der Waals surface area contributed by atoms with Gasteiger partial charge in [0.05, 0.1) is 0 Å². The van der Waals surface area contributed by atoms with Gasteiger partial charge in [0, 0.05) is 13.1 Å². The van der Waals surface area contributed by atoms with Crippen LogP contribution in [0.4, 0.5) is 5.82 Å². The predicted molar refractivity (Wildman–Crippen MR) is 69.5 cm³/mol. The maximum absolute atomic E-state index is 5.92. The number of halogens is 1. The molecule has 17 heavy (non-hydrogen) atoms. The highest BCUT2D eigenvalue weighted by atomic mass is 35.5. The number of aromatic nitrogens is 2. The fraction of sp³-hybridized carbons (Fsp3) is 0.692. The number of anilines is 1. The Morgan fingerprint density at radius 1 is 1.24 bits per heavy atom. The van der Waals surface area contributed by atoms with Gasteiger partial charge in [0.1, 0.15) is 0 Å². The van der Waals surface area contributed by atoms with Gasteiger partial charge in [-0.05, 0) is 43.2 Å². The van der Waals surface area contributed by atoms with Crippen LogP contribution in [0.15, 0.2) is 6.07 Å². The van der Waals surface area contributed by atoms with Gasteiger partial charge in [-0.1, -0.05) is 24.4 Å². The van der Waals surface area contributed by atoms with E-state index < -0.39 is 0 Å². The van der Waals surface area contributed by atoms with Gasteiger partial charge >= 0.3 is 0 Å². The highest BCUT2D eigenvalue weighted by molar-refractivity contribution is 6.30. The van der Waals surface area contributed by atoms with E-state index in [2.05, 4.69) is 21.2 Å². The molecule has 2 fully saturated rings. The number of hydrogen-bond acceptors (Lipinski definition) is 3. The summed E-state index contributed by atoms with van der Waals surface area (Å²) in [6.45, 7) is 4.26. The van der Waals surface area contributed by atoms with Crippen LogP contribution >= 0.6 is 11.6 Å². The van der Waals surface area contributed by atoms with Crippen molar-refractivity contribution in [2.75, 3.05) is 18.0 Å². The lowest BCUT2D eigenvalue weighted by atomic mass is 9.86. The molecule has 3 nitrogen and oxygen atoms in total. The second-order valence-electron chi connectivity index (χ2n) is 5.56. The third kappa shape index (κ3) is 2.01. The topological polar surface area (TPSA) is 29.0 Å². The monoisotopic (exact) mass is 251 g/mol. The van der Waals surface area contributed by atoms with Crippen LogP contribution in [-0.2, 0) is 0 Å². The van der Waals surface area contributed by atoms with E-state index in [0.717, 1.165) is 24.5 Å². The highest BCUT2D eigenvalue weighted by Crippen LogP contribution is 2.46. The zero-order valence-electron chi connectivity index (χ0n) is 10.2. The Bertz CT molecular complexity index is 427. The zero-order valence-corrected chi connectivity index (χ0v) is 11.0. The molecule has 2 aliphatic rings. The molecule has 92 valence electrons. The second-order valence-corrected chi connectivity index (χ2v) is 5.91. The first-order valence-corrected chi connectivity index (χ1v) is 6.81. The number of rotatable bonds is 1. The van der Waals surface area contributed by atoms with Gasteiger partial charge < -0.3 is 4.90 Å². The molecular weight excluding hydrogens is 234 g/mol. The summed E-state index contributed by atoms with van der Waals surface area (Å²) in [4.78, 5) is 2.38. The fourth-order valence-corrected chi connectivity index (χ4v) is 3.37. The molecule has 0 bridgehead atoms. The van der Waals surface area contributed by atoms with E-state index in [1.165, 1.54) is 32.1 Å². The van der Waals surface area contributed by atoms with Crippen LogP contribution in [0.5, 0.6) is 0 Å². The van der Waals surface area contributed by atoms with Crippen LogP contribution in [0.2, 0.25) is 5.15 Å². The molecule has 1 saturated heterocycles. The van der Waals surface area contributed by atoms with Crippen molar-refractivity contribution >= 4 is 17.4 Å². The van der Waals surface area contributed by atoms with E-state index in [9.17, 15) is 0 Å². The van der Waals surface area contributed by atoms with E-state index in [0.29, 0.717) is 10.6 Å². The van der Waals surface area contributed by atoms with Gasteiger partial charge in [-0.2, -0.15) is 0 Å². The van der Waals surface area contributed by atoms with E-state index in [-0.39, 0.29) is 0 Å². The van der Waals surface area contributed by atoms with E-state index in [4.69, 9.17) is 11.6 Å². The lowest BCUT2D eigenvalue weighted by molar-refractivity contribution is 0.340. The van der Waals surface area contributed by atoms with Crippen LogP contribution in [0.25, 0.3) is 0 Å². The lowest BCUT2D eigenvalue weighted by Gasteiger charge is -2.23. The minimum absolute atomic E-state index is 0.517. The molecule has 2 heterocycles. The molecule has 1 saturated carbocycles. The summed E-state index contributed by atoms with van der Waals surface area (Å²) in [6.07, 6.45) is 6.90.